The number of nitrogens with two attached hydrogens (primary N) is 1. The molecule has 1 rings (SSSR count). The summed E-state index contributed by atoms with van der Waals surface area (Å²) < 4.78 is 5.53. The SMILES string of the molecule is CCCCCCOc1nc(N)ncc1C. The smallest absolute Gasteiger partial charge is 0.223 e. The Morgan fingerprint density at radius 3 is 2.87 bits per heavy atom. The summed E-state index contributed by atoms with van der Waals surface area (Å²) in [4.78, 5) is 7.92. The molecule has 0 aliphatic carbocycles. The normalized spacial score (nSPS) is 10.3. The second-order valence-electron chi connectivity index (χ2n) is 3.63. The van der Waals surface area contributed by atoms with E-state index < -0.39 is 0 Å². The first-order valence-corrected chi connectivity index (χ1v) is 5.46. The van der Waals surface area contributed by atoms with Crippen molar-refractivity contribution in [3.05, 3.63) is 11.8 Å². The van der Waals surface area contributed by atoms with Gasteiger partial charge in [0.25, 0.3) is 0 Å². The van der Waals surface area contributed by atoms with E-state index in [2.05, 4.69) is 16.9 Å². The van der Waals surface area contributed by atoms with Crippen molar-refractivity contribution in [3.63, 3.8) is 0 Å². The summed E-state index contributed by atoms with van der Waals surface area (Å²) >= 11 is 0. The molecule has 0 saturated heterocycles. The van der Waals surface area contributed by atoms with Crippen molar-refractivity contribution in [2.45, 2.75) is 39.5 Å². The highest BCUT2D eigenvalue weighted by molar-refractivity contribution is 5.28. The van der Waals surface area contributed by atoms with Crippen LogP contribution in [-0.4, -0.2) is 16.6 Å². The average Bonchev–Trinajstić information content (AvgIpc) is 2.23. The van der Waals surface area contributed by atoms with Crippen LogP contribution in [0.25, 0.3) is 0 Å². The van der Waals surface area contributed by atoms with E-state index in [0.717, 1.165) is 12.0 Å². The Kier molecular flexibility index (Phi) is 4.87. The van der Waals surface area contributed by atoms with Crippen LogP contribution in [0.3, 0.4) is 0 Å². The Balaban J connectivity index is 2.33. The van der Waals surface area contributed by atoms with Crippen LogP contribution in [-0.2, 0) is 0 Å². The second-order valence-corrected chi connectivity index (χ2v) is 3.63. The predicted octanol–water partition coefficient (Wildman–Crippen LogP) is 2.33. The third kappa shape index (κ3) is 4.14. The van der Waals surface area contributed by atoms with Crippen molar-refractivity contribution in [2.24, 2.45) is 0 Å². The largest absolute Gasteiger partial charge is 0.477 e. The van der Waals surface area contributed by atoms with Gasteiger partial charge in [0.05, 0.1) is 6.61 Å². The molecular formula is C11H19N3O. The minimum atomic E-state index is 0.268. The van der Waals surface area contributed by atoms with Crippen molar-refractivity contribution >= 4 is 5.95 Å². The topological polar surface area (TPSA) is 61.0 Å². The molecule has 0 fully saturated rings. The van der Waals surface area contributed by atoms with Crippen LogP contribution in [0.5, 0.6) is 5.88 Å². The molecule has 15 heavy (non-hydrogen) atoms. The molecule has 0 aliphatic rings. The summed E-state index contributed by atoms with van der Waals surface area (Å²) in [5.74, 6) is 0.878. The van der Waals surface area contributed by atoms with Crippen molar-refractivity contribution in [2.75, 3.05) is 12.3 Å². The lowest BCUT2D eigenvalue weighted by atomic mass is 10.2. The molecule has 0 spiro atoms. The molecule has 0 bridgehead atoms. The average molecular weight is 209 g/mol. The van der Waals surface area contributed by atoms with Crippen LogP contribution in [0.2, 0.25) is 0 Å². The number of aromatic nitrogens is 2. The van der Waals surface area contributed by atoms with Gasteiger partial charge in [-0.25, -0.2) is 4.98 Å². The van der Waals surface area contributed by atoms with E-state index in [0.29, 0.717) is 12.5 Å². The van der Waals surface area contributed by atoms with Crippen LogP contribution in [0.4, 0.5) is 5.95 Å². The van der Waals surface area contributed by atoms with Gasteiger partial charge in [-0.2, -0.15) is 4.98 Å². The maximum atomic E-state index is 5.53. The molecule has 0 atom stereocenters. The van der Waals surface area contributed by atoms with E-state index in [-0.39, 0.29) is 5.95 Å². The summed E-state index contributed by atoms with van der Waals surface area (Å²) in [5.41, 5.74) is 6.41. The Labute approximate surface area is 90.9 Å². The van der Waals surface area contributed by atoms with Crippen LogP contribution < -0.4 is 10.5 Å². The molecule has 0 unspecified atom stereocenters. The predicted molar refractivity (Wildman–Crippen MR) is 60.8 cm³/mol. The number of ether oxygens (including phenoxy) is 1. The highest BCUT2D eigenvalue weighted by atomic mass is 16.5. The van der Waals surface area contributed by atoms with Gasteiger partial charge >= 0.3 is 0 Å². The van der Waals surface area contributed by atoms with E-state index in [4.69, 9.17) is 10.5 Å². The Morgan fingerprint density at radius 2 is 2.13 bits per heavy atom. The van der Waals surface area contributed by atoms with Crippen LogP contribution in [0, 0.1) is 6.92 Å². The fraction of sp³-hybridized carbons (Fsp3) is 0.636. The van der Waals surface area contributed by atoms with Gasteiger partial charge in [-0.3, -0.25) is 0 Å². The zero-order valence-corrected chi connectivity index (χ0v) is 9.49. The lowest BCUT2D eigenvalue weighted by Crippen LogP contribution is -2.04. The summed E-state index contributed by atoms with van der Waals surface area (Å²) in [6, 6.07) is 0. The highest BCUT2D eigenvalue weighted by Crippen LogP contribution is 2.14. The lowest BCUT2D eigenvalue weighted by molar-refractivity contribution is 0.291. The van der Waals surface area contributed by atoms with Crippen molar-refractivity contribution in [1.82, 2.24) is 9.97 Å². The molecule has 0 saturated carbocycles. The summed E-state index contributed by atoms with van der Waals surface area (Å²) in [5, 5.41) is 0. The molecule has 0 radical (unpaired) electrons. The fourth-order valence-corrected chi connectivity index (χ4v) is 1.28. The standard InChI is InChI=1S/C11H19N3O/c1-3-4-5-6-7-15-10-9(2)8-13-11(12)14-10/h8H,3-7H2,1-2H3,(H2,12,13,14). The Morgan fingerprint density at radius 1 is 1.33 bits per heavy atom. The molecule has 4 heteroatoms. The summed E-state index contributed by atoms with van der Waals surface area (Å²) in [7, 11) is 0. The first-order chi connectivity index (χ1) is 7.24. The van der Waals surface area contributed by atoms with Crippen molar-refractivity contribution in [1.29, 1.82) is 0 Å². The molecule has 0 aliphatic heterocycles. The minimum Gasteiger partial charge on any atom is -0.477 e. The van der Waals surface area contributed by atoms with E-state index in [1.54, 1.807) is 6.20 Å². The molecule has 1 aromatic heterocycles. The number of aryl methyl sites for hydroxylation is 1. The van der Waals surface area contributed by atoms with Gasteiger partial charge in [0.15, 0.2) is 0 Å². The maximum absolute atomic E-state index is 5.53. The third-order valence-electron chi connectivity index (χ3n) is 2.18. The zero-order chi connectivity index (χ0) is 11.1. The monoisotopic (exact) mass is 209 g/mol. The molecule has 4 nitrogen and oxygen atoms in total. The Bertz CT molecular complexity index is 302. The van der Waals surface area contributed by atoms with Crippen LogP contribution in [0.15, 0.2) is 6.20 Å². The number of nitrogens with zero attached hydrogens (tertiary/aromatic N) is 2. The molecule has 0 amide bonds. The van der Waals surface area contributed by atoms with Gasteiger partial charge in [0, 0.05) is 11.8 Å². The van der Waals surface area contributed by atoms with Crippen LogP contribution >= 0.6 is 0 Å². The molecule has 84 valence electrons. The Hall–Kier alpha value is -1.32. The van der Waals surface area contributed by atoms with Gasteiger partial charge < -0.3 is 10.5 Å². The number of hydrogen-bond acceptors (Lipinski definition) is 4. The number of nitrogen functional groups attached to an aromatic ring is 1. The van der Waals surface area contributed by atoms with Gasteiger partial charge in [-0.15, -0.1) is 0 Å². The molecular weight excluding hydrogens is 190 g/mol. The lowest BCUT2D eigenvalue weighted by Gasteiger charge is -2.07. The number of unbranched alkanes of at least 4 members (excludes halogenated alkanes) is 3. The maximum Gasteiger partial charge on any atom is 0.223 e. The second kappa shape index (κ2) is 6.22. The van der Waals surface area contributed by atoms with Gasteiger partial charge in [-0.1, -0.05) is 26.2 Å². The fourth-order valence-electron chi connectivity index (χ4n) is 1.28. The number of anilines is 1. The zero-order valence-electron chi connectivity index (χ0n) is 9.49. The summed E-state index contributed by atoms with van der Waals surface area (Å²) in [6.07, 6.45) is 6.45. The molecule has 1 aromatic rings. The minimum absolute atomic E-state index is 0.268. The summed E-state index contributed by atoms with van der Waals surface area (Å²) in [6.45, 7) is 4.81. The van der Waals surface area contributed by atoms with Gasteiger partial charge in [0.1, 0.15) is 0 Å². The number of hydrogen-bond donors (Lipinski definition) is 1. The van der Waals surface area contributed by atoms with E-state index in [9.17, 15) is 0 Å². The molecule has 0 aromatic carbocycles. The first-order valence-electron chi connectivity index (χ1n) is 5.46. The van der Waals surface area contributed by atoms with Crippen molar-refractivity contribution < 1.29 is 4.74 Å². The van der Waals surface area contributed by atoms with Gasteiger partial charge in [-0.05, 0) is 13.3 Å². The first kappa shape index (κ1) is 11.8. The van der Waals surface area contributed by atoms with E-state index >= 15 is 0 Å². The quantitative estimate of drug-likeness (QED) is 0.730. The van der Waals surface area contributed by atoms with E-state index in [1.165, 1.54) is 19.3 Å². The van der Waals surface area contributed by atoms with E-state index in [1.807, 2.05) is 6.92 Å². The number of rotatable bonds is 6. The molecule has 1 heterocycles. The van der Waals surface area contributed by atoms with Gasteiger partial charge in [0.2, 0.25) is 11.8 Å². The highest BCUT2D eigenvalue weighted by Gasteiger charge is 2.02. The van der Waals surface area contributed by atoms with Crippen molar-refractivity contribution in [3.8, 4) is 5.88 Å². The molecule has 2 N–H and O–H groups in total. The van der Waals surface area contributed by atoms with Crippen LogP contribution in [0.1, 0.15) is 38.2 Å². The third-order valence-corrected chi connectivity index (χ3v) is 2.18.